The van der Waals surface area contributed by atoms with Gasteiger partial charge < -0.3 is 14.6 Å². The predicted molar refractivity (Wildman–Crippen MR) is 71.9 cm³/mol. The summed E-state index contributed by atoms with van der Waals surface area (Å²) in [6, 6.07) is 0. The molecule has 0 aliphatic carbocycles. The molecule has 2 heterocycles. The zero-order chi connectivity index (χ0) is 15.4. The molecule has 2 aromatic heterocycles. The highest BCUT2D eigenvalue weighted by Crippen LogP contribution is 2.15. The largest absolute Gasteiger partial charge is 0.468 e. The summed E-state index contributed by atoms with van der Waals surface area (Å²) in [5, 5.41) is 10.3. The number of aryl methyl sites for hydroxylation is 1. The van der Waals surface area contributed by atoms with Gasteiger partial charge in [-0.3, -0.25) is 9.59 Å². The molecule has 0 fully saturated rings. The number of rotatable bonds is 5. The molecule has 0 saturated heterocycles. The van der Waals surface area contributed by atoms with Crippen molar-refractivity contribution in [2.24, 2.45) is 0 Å². The van der Waals surface area contributed by atoms with E-state index in [9.17, 15) is 9.59 Å². The number of carbonyl (C=O) groups excluding carboxylic acids is 1. The molecule has 0 amide bonds. The van der Waals surface area contributed by atoms with Crippen molar-refractivity contribution in [3.8, 4) is 0 Å². The smallest absolute Gasteiger partial charge is 0.327 e. The van der Waals surface area contributed by atoms with Crippen LogP contribution in [0, 0.1) is 6.92 Å². The molecule has 112 valence electrons. The SMILES string of the molecule is COC(=O)Cn1ncc(NCc2noc(C)n2)c(Cl)c1=O. The van der Waals surface area contributed by atoms with E-state index in [1.54, 1.807) is 6.92 Å². The average molecular weight is 314 g/mol. The van der Waals surface area contributed by atoms with Gasteiger partial charge in [0.1, 0.15) is 11.6 Å². The molecule has 21 heavy (non-hydrogen) atoms. The second-order valence-electron chi connectivity index (χ2n) is 3.99. The van der Waals surface area contributed by atoms with Crippen LogP contribution in [0.3, 0.4) is 0 Å². The summed E-state index contributed by atoms with van der Waals surface area (Å²) < 4.78 is 10.2. The summed E-state index contributed by atoms with van der Waals surface area (Å²) in [7, 11) is 1.22. The molecule has 2 aromatic rings. The summed E-state index contributed by atoms with van der Waals surface area (Å²) in [6.45, 7) is 1.58. The van der Waals surface area contributed by atoms with Crippen LogP contribution in [0.25, 0.3) is 0 Å². The fourth-order valence-corrected chi connectivity index (χ4v) is 1.69. The number of nitrogens with zero attached hydrogens (tertiary/aromatic N) is 4. The number of hydrogen-bond acceptors (Lipinski definition) is 8. The molecule has 10 heteroatoms. The third-order valence-electron chi connectivity index (χ3n) is 2.50. The number of carbonyl (C=O) groups is 1. The molecule has 0 atom stereocenters. The Hall–Kier alpha value is -2.42. The van der Waals surface area contributed by atoms with Crippen LogP contribution in [0.5, 0.6) is 0 Å². The van der Waals surface area contributed by atoms with Gasteiger partial charge in [0.2, 0.25) is 5.89 Å². The number of halogens is 1. The summed E-state index contributed by atoms with van der Waals surface area (Å²) >= 11 is 5.94. The molecule has 0 spiro atoms. The highest BCUT2D eigenvalue weighted by atomic mass is 35.5. The molecule has 0 saturated carbocycles. The standard InChI is InChI=1S/C11H12ClN5O4/c1-6-15-8(16-21-6)4-13-7-3-14-17(5-9(18)20-2)11(19)10(7)12/h3,13H,4-5H2,1-2H3. The second kappa shape index (κ2) is 6.35. The van der Waals surface area contributed by atoms with E-state index in [4.69, 9.17) is 16.1 Å². The molecule has 1 N–H and O–H groups in total. The van der Waals surface area contributed by atoms with Gasteiger partial charge in [0.25, 0.3) is 5.56 Å². The number of methoxy groups -OCH3 is 1. The molecular formula is C11H12ClN5O4. The van der Waals surface area contributed by atoms with Gasteiger partial charge >= 0.3 is 5.97 Å². The molecule has 0 unspecified atom stereocenters. The van der Waals surface area contributed by atoms with E-state index >= 15 is 0 Å². The van der Waals surface area contributed by atoms with Gasteiger partial charge in [-0.1, -0.05) is 16.8 Å². The van der Waals surface area contributed by atoms with Crippen LogP contribution in [-0.2, 0) is 22.6 Å². The molecule has 0 aliphatic heterocycles. The van der Waals surface area contributed by atoms with E-state index in [0.717, 1.165) is 4.68 Å². The lowest BCUT2D eigenvalue weighted by Crippen LogP contribution is -2.28. The number of ether oxygens (including phenoxy) is 1. The average Bonchev–Trinajstić information content (AvgIpc) is 2.88. The van der Waals surface area contributed by atoms with Crippen molar-refractivity contribution in [2.75, 3.05) is 12.4 Å². The number of hydrogen-bond donors (Lipinski definition) is 1. The zero-order valence-electron chi connectivity index (χ0n) is 11.3. The fourth-order valence-electron chi connectivity index (χ4n) is 1.48. The maximum absolute atomic E-state index is 11.9. The van der Waals surface area contributed by atoms with Crippen molar-refractivity contribution < 1.29 is 14.1 Å². The topological polar surface area (TPSA) is 112 Å². The molecule has 0 bridgehead atoms. The summed E-state index contributed by atoms with van der Waals surface area (Å²) in [6.07, 6.45) is 1.33. The summed E-state index contributed by atoms with van der Waals surface area (Å²) in [5.41, 5.74) is -0.290. The molecular weight excluding hydrogens is 302 g/mol. The summed E-state index contributed by atoms with van der Waals surface area (Å²) in [5.74, 6) is 0.260. The first-order chi connectivity index (χ1) is 10.0. The first-order valence-electron chi connectivity index (χ1n) is 5.86. The predicted octanol–water partition coefficient (Wildman–Crippen LogP) is 0.373. The quantitative estimate of drug-likeness (QED) is 0.788. The first-order valence-corrected chi connectivity index (χ1v) is 6.24. The van der Waals surface area contributed by atoms with Crippen LogP contribution < -0.4 is 10.9 Å². The van der Waals surface area contributed by atoms with E-state index in [2.05, 4.69) is 25.3 Å². The maximum Gasteiger partial charge on any atom is 0.327 e. The Balaban J connectivity index is 2.13. The minimum absolute atomic E-state index is 0.0888. The normalized spacial score (nSPS) is 10.4. The Bertz CT molecular complexity index is 711. The van der Waals surface area contributed by atoms with Crippen LogP contribution in [0.15, 0.2) is 15.5 Å². The van der Waals surface area contributed by atoms with Gasteiger partial charge in [-0.2, -0.15) is 10.1 Å². The van der Waals surface area contributed by atoms with Gasteiger partial charge in [0.05, 0.1) is 25.5 Å². The number of anilines is 1. The van der Waals surface area contributed by atoms with Gasteiger partial charge in [-0.15, -0.1) is 0 Å². The van der Waals surface area contributed by atoms with Gasteiger partial charge in [-0.05, 0) is 0 Å². The van der Waals surface area contributed by atoms with Gasteiger partial charge in [0.15, 0.2) is 5.82 Å². The number of esters is 1. The number of nitrogens with one attached hydrogen (secondary N) is 1. The molecule has 0 aliphatic rings. The van der Waals surface area contributed by atoms with Crippen molar-refractivity contribution in [3.63, 3.8) is 0 Å². The third-order valence-corrected chi connectivity index (χ3v) is 2.86. The highest BCUT2D eigenvalue weighted by Gasteiger charge is 2.12. The van der Waals surface area contributed by atoms with Crippen molar-refractivity contribution >= 4 is 23.3 Å². The van der Waals surface area contributed by atoms with Crippen molar-refractivity contribution in [1.29, 1.82) is 0 Å². The van der Waals surface area contributed by atoms with E-state index in [0.29, 0.717) is 17.4 Å². The Labute approximate surface area is 123 Å². The van der Waals surface area contributed by atoms with Crippen LogP contribution in [0.1, 0.15) is 11.7 Å². The fraction of sp³-hybridized carbons (Fsp3) is 0.364. The van der Waals surface area contributed by atoms with Crippen molar-refractivity contribution in [2.45, 2.75) is 20.0 Å². The molecule has 2 rings (SSSR count). The second-order valence-corrected chi connectivity index (χ2v) is 4.37. The van der Waals surface area contributed by atoms with E-state index in [1.807, 2.05) is 0 Å². The lowest BCUT2D eigenvalue weighted by atomic mass is 10.4. The van der Waals surface area contributed by atoms with Crippen molar-refractivity contribution in [1.82, 2.24) is 19.9 Å². The zero-order valence-corrected chi connectivity index (χ0v) is 12.0. The highest BCUT2D eigenvalue weighted by molar-refractivity contribution is 6.32. The molecule has 9 nitrogen and oxygen atoms in total. The molecule has 0 radical (unpaired) electrons. The van der Waals surface area contributed by atoms with Crippen LogP contribution >= 0.6 is 11.6 Å². The van der Waals surface area contributed by atoms with Gasteiger partial charge in [0, 0.05) is 6.92 Å². The van der Waals surface area contributed by atoms with E-state index < -0.39 is 11.5 Å². The van der Waals surface area contributed by atoms with Crippen molar-refractivity contribution in [3.05, 3.63) is 33.3 Å². The van der Waals surface area contributed by atoms with Crippen LogP contribution in [-0.4, -0.2) is 33.0 Å². The lowest BCUT2D eigenvalue weighted by molar-refractivity contribution is -0.141. The van der Waals surface area contributed by atoms with Gasteiger partial charge in [-0.25, -0.2) is 4.68 Å². The Morgan fingerprint density at radius 1 is 1.57 bits per heavy atom. The summed E-state index contributed by atoms with van der Waals surface area (Å²) in [4.78, 5) is 27.1. The maximum atomic E-state index is 11.9. The molecule has 0 aromatic carbocycles. The minimum atomic E-state index is -0.601. The Kier molecular flexibility index (Phi) is 4.53. The first kappa shape index (κ1) is 15.0. The van der Waals surface area contributed by atoms with Crippen LogP contribution in [0.4, 0.5) is 5.69 Å². The number of aromatic nitrogens is 4. The third kappa shape index (κ3) is 3.57. The Morgan fingerprint density at radius 3 is 2.95 bits per heavy atom. The lowest BCUT2D eigenvalue weighted by Gasteiger charge is -2.08. The Morgan fingerprint density at radius 2 is 2.33 bits per heavy atom. The minimum Gasteiger partial charge on any atom is -0.468 e. The van der Waals surface area contributed by atoms with E-state index in [1.165, 1.54) is 13.3 Å². The monoisotopic (exact) mass is 313 g/mol. The van der Waals surface area contributed by atoms with E-state index in [-0.39, 0.29) is 18.1 Å². The van der Waals surface area contributed by atoms with Crippen LogP contribution in [0.2, 0.25) is 5.02 Å².